The van der Waals surface area contributed by atoms with Crippen molar-refractivity contribution in [2.75, 3.05) is 18.5 Å². The van der Waals surface area contributed by atoms with Gasteiger partial charge in [-0.3, -0.25) is 8.98 Å². The van der Waals surface area contributed by atoms with Crippen LogP contribution in [0.2, 0.25) is 5.02 Å². The summed E-state index contributed by atoms with van der Waals surface area (Å²) in [6, 6.07) is 6.32. The van der Waals surface area contributed by atoms with E-state index in [1.807, 2.05) is 6.07 Å². The van der Waals surface area contributed by atoms with Crippen LogP contribution in [0.1, 0.15) is 62.2 Å². The Bertz CT molecular complexity index is 1520. The molecule has 0 unspecified atom stereocenters. The van der Waals surface area contributed by atoms with Gasteiger partial charge in [0.1, 0.15) is 18.2 Å². The highest BCUT2D eigenvalue weighted by molar-refractivity contribution is 7.84. The Hall–Kier alpha value is -2.59. The Balaban J connectivity index is 1.40. The molecule has 1 aliphatic heterocycles. The highest BCUT2D eigenvalue weighted by Gasteiger charge is 2.35. The van der Waals surface area contributed by atoms with Crippen molar-refractivity contribution in [2.45, 2.75) is 43.9 Å². The van der Waals surface area contributed by atoms with Crippen molar-refractivity contribution < 1.29 is 36.0 Å². The summed E-state index contributed by atoms with van der Waals surface area (Å²) < 4.78 is 61.1. The molecule has 4 atom stereocenters. The maximum atomic E-state index is 14.2. The van der Waals surface area contributed by atoms with Crippen LogP contribution in [0.4, 0.5) is 14.6 Å². The number of thiophene rings is 1. The molecule has 0 amide bonds. The van der Waals surface area contributed by atoms with Gasteiger partial charge in [-0.2, -0.15) is 8.42 Å². The normalized spacial score (nSPS) is 22.9. The summed E-state index contributed by atoms with van der Waals surface area (Å²) in [5.74, 6) is -0.919. The van der Waals surface area contributed by atoms with Crippen LogP contribution in [-0.2, 0) is 25.6 Å². The predicted molar refractivity (Wildman–Crippen MR) is 143 cm³/mol. The van der Waals surface area contributed by atoms with E-state index in [0.717, 1.165) is 5.56 Å². The van der Waals surface area contributed by atoms with E-state index in [4.69, 9.17) is 21.5 Å². The van der Waals surface area contributed by atoms with E-state index in [1.165, 1.54) is 18.6 Å². The first-order valence-corrected chi connectivity index (χ1v) is 14.9. The second-order valence-corrected chi connectivity index (χ2v) is 12.3. The fourth-order valence-electron chi connectivity index (χ4n) is 5.10. The number of nitrogens with one attached hydrogen (secondary N) is 1. The molecule has 1 aromatic carbocycles. The van der Waals surface area contributed by atoms with Crippen molar-refractivity contribution in [1.29, 1.82) is 0 Å². The SMILES string of the molecule is NS(=O)(=O)OC[C@H]1C[C@@H](Nc2ncncc2C(=O)c2cc([C@H]3OCCc4ccc(Cl)cc43)c(C(F)F)s2)C[C@@H]1O. The first-order valence-electron chi connectivity index (χ1n) is 12.3. The third-order valence-corrected chi connectivity index (χ3v) is 8.80. The molecule has 2 aromatic heterocycles. The molecule has 1 aliphatic carbocycles. The lowest BCUT2D eigenvalue weighted by Crippen LogP contribution is -2.24. The lowest BCUT2D eigenvalue weighted by molar-refractivity contribution is 0.0661. The van der Waals surface area contributed by atoms with Gasteiger partial charge in [0.25, 0.3) is 6.43 Å². The molecule has 4 N–H and O–H groups in total. The number of hydrogen-bond acceptors (Lipinski definition) is 10. The number of carbonyl (C=O) groups is 1. The Morgan fingerprint density at radius 1 is 1.30 bits per heavy atom. The molecule has 214 valence electrons. The van der Waals surface area contributed by atoms with Gasteiger partial charge < -0.3 is 15.2 Å². The number of aliphatic hydroxyl groups excluding tert-OH is 1. The molecule has 0 spiro atoms. The first-order chi connectivity index (χ1) is 19.0. The number of carbonyl (C=O) groups excluding carboxylic acids is 1. The van der Waals surface area contributed by atoms with Gasteiger partial charge in [-0.15, -0.1) is 11.3 Å². The number of ketones is 1. The third-order valence-electron chi connectivity index (χ3n) is 6.94. The lowest BCUT2D eigenvalue weighted by atomic mass is 9.93. The Labute approximate surface area is 237 Å². The Morgan fingerprint density at radius 3 is 2.85 bits per heavy atom. The molecule has 0 saturated heterocycles. The fraction of sp³-hybridized carbons (Fsp3) is 0.400. The zero-order valence-electron chi connectivity index (χ0n) is 20.8. The zero-order chi connectivity index (χ0) is 28.6. The molecule has 1 saturated carbocycles. The van der Waals surface area contributed by atoms with Gasteiger partial charge >= 0.3 is 10.3 Å². The molecule has 40 heavy (non-hydrogen) atoms. The fourth-order valence-corrected chi connectivity index (χ4v) is 6.64. The quantitative estimate of drug-likeness (QED) is 0.305. The topological polar surface area (TPSA) is 154 Å². The summed E-state index contributed by atoms with van der Waals surface area (Å²) in [5.41, 5.74) is 1.88. The van der Waals surface area contributed by atoms with E-state index in [2.05, 4.69) is 19.5 Å². The molecular weight excluding hydrogens is 590 g/mol. The second-order valence-electron chi connectivity index (χ2n) is 9.61. The summed E-state index contributed by atoms with van der Waals surface area (Å²) in [5, 5.41) is 18.8. The van der Waals surface area contributed by atoms with Gasteiger partial charge in [-0.1, -0.05) is 17.7 Å². The largest absolute Gasteiger partial charge is 0.393 e. The number of rotatable bonds is 9. The van der Waals surface area contributed by atoms with Gasteiger partial charge in [0, 0.05) is 28.7 Å². The van der Waals surface area contributed by atoms with Crippen molar-refractivity contribution in [3.8, 4) is 0 Å². The molecule has 3 aromatic rings. The van der Waals surface area contributed by atoms with Crippen molar-refractivity contribution >= 4 is 44.8 Å². The Kier molecular flexibility index (Phi) is 8.47. The third kappa shape index (κ3) is 6.33. The molecular formula is C25H25ClF2N4O6S2. The van der Waals surface area contributed by atoms with E-state index < -0.39 is 40.6 Å². The number of fused-ring (bicyclic) bond motifs is 1. The van der Waals surface area contributed by atoms with E-state index >= 15 is 0 Å². The molecule has 3 heterocycles. The van der Waals surface area contributed by atoms with Crippen molar-refractivity contribution in [3.63, 3.8) is 0 Å². The maximum absolute atomic E-state index is 14.2. The minimum Gasteiger partial charge on any atom is -0.393 e. The number of alkyl halides is 2. The van der Waals surface area contributed by atoms with Gasteiger partial charge in [0.2, 0.25) is 5.78 Å². The number of aromatic nitrogens is 2. The van der Waals surface area contributed by atoms with E-state index in [0.29, 0.717) is 41.4 Å². The maximum Gasteiger partial charge on any atom is 0.333 e. The van der Waals surface area contributed by atoms with Crippen LogP contribution in [0.15, 0.2) is 36.8 Å². The number of nitrogens with two attached hydrogens (primary N) is 1. The Morgan fingerprint density at radius 2 is 2.10 bits per heavy atom. The van der Waals surface area contributed by atoms with Crippen LogP contribution in [0.3, 0.4) is 0 Å². The van der Waals surface area contributed by atoms with Gasteiger partial charge in [-0.05, 0) is 48.6 Å². The number of ether oxygens (including phenoxy) is 1. The van der Waals surface area contributed by atoms with Crippen LogP contribution < -0.4 is 10.5 Å². The first kappa shape index (κ1) is 28.9. The number of hydrogen-bond donors (Lipinski definition) is 3. The second kappa shape index (κ2) is 11.7. The number of aliphatic hydroxyl groups is 1. The van der Waals surface area contributed by atoms with E-state index in [-0.39, 0.29) is 45.8 Å². The zero-order valence-corrected chi connectivity index (χ0v) is 23.2. The van der Waals surface area contributed by atoms with Crippen LogP contribution in [0.5, 0.6) is 0 Å². The molecule has 1 fully saturated rings. The van der Waals surface area contributed by atoms with Crippen LogP contribution in [0.25, 0.3) is 0 Å². The monoisotopic (exact) mass is 614 g/mol. The standard InChI is InChI=1S/C25H25ClF2N4O6S2/c26-14-2-1-12-3-4-37-22(16(12)6-14)17-8-20(39-23(17)24(27)28)21(34)18-9-30-11-31-25(18)32-15-5-13(19(33)7-15)10-38-40(29,35)36/h1-2,6,8-9,11,13,15,19,22,24,33H,3-5,7,10H2,(H2,29,35,36)(H,30,31,32)/t13-,15-,19+,22+/m1/s1. The molecule has 0 radical (unpaired) electrons. The lowest BCUT2D eigenvalue weighted by Gasteiger charge is -2.26. The number of nitrogens with zero attached hydrogens (tertiary/aromatic N) is 2. The molecule has 0 bridgehead atoms. The predicted octanol–water partition coefficient (Wildman–Crippen LogP) is 3.79. The summed E-state index contributed by atoms with van der Waals surface area (Å²) in [6.07, 6.45) is -0.832. The number of halogens is 3. The van der Waals surface area contributed by atoms with Gasteiger partial charge in [0.15, 0.2) is 0 Å². The molecule has 5 rings (SSSR count). The average Bonchev–Trinajstić information content (AvgIpc) is 3.50. The van der Waals surface area contributed by atoms with Crippen molar-refractivity contribution in [2.24, 2.45) is 11.1 Å². The number of benzene rings is 1. The van der Waals surface area contributed by atoms with Crippen molar-refractivity contribution in [1.82, 2.24) is 9.97 Å². The van der Waals surface area contributed by atoms with Crippen LogP contribution >= 0.6 is 22.9 Å². The van der Waals surface area contributed by atoms with Crippen LogP contribution in [-0.4, -0.2) is 54.6 Å². The minimum atomic E-state index is -4.16. The molecule has 10 nitrogen and oxygen atoms in total. The number of anilines is 1. The van der Waals surface area contributed by atoms with Gasteiger partial charge in [0.05, 0.1) is 34.6 Å². The highest BCUT2D eigenvalue weighted by Crippen LogP contribution is 2.43. The summed E-state index contributed by atoms with van der Waals surface area (Å²) in [4.78, 5) is 21.5. The molecule has 2 aliphatic rings. The summed E-state index contributed by atoms with van der Waals surface area (Å²) >= 11 is 6.86. The van der Waals surface area contributed by atoms with Crippen LogP contribution in [0, 0.1) is 5.92 Å². The highest BCUT2D eigenvalue weighted by atomic mass is 35.5. The summed E-state index contributed by atoms with van der Waals surface area (Å²) in [6.45, 7) is 0.0396. The minimum absolute atomic E-state index is 0.0582. The average molecular weight is 615 g/mol. The van der Waals surface area contributed by atoms with E-state index in [1.54, 1.807) is 12.1 Å². The molecule has 15 heteroatoms. The van der Waals surface area contributed by atoms with Gasteiger partial charge in [-0.25, -0.2) is 23.9 Å². The van der Waals surface area contributed by atoms with E-state index in [9.17, 15) is 27.1 Å². The summed E-state index contributed by atoms with van der Waals surface area (Å²) in [7, 11) is -4.16. The smallest absolute Gasteiger partial charge is 0.333 e. The van der Waals surface area contributed by atoms with Crippen molar-refractivity contribution in [3.05, 3.63) is 73.8 Å².